The predicted molar refractivity (Wildman–Crippen MR) is 112 cm³/mol. The van der Waals surface area contributed by atoms with E-state index in [4.69, 9.17) is 4.74 Å². The number of likely N-dealkylation sites (N-methyl/N-ethyl adjacent to an activating group) is 1. The van der Waals surface area contributed by atoms with Gasteiger partial charge in [-0.1, -0.05) is 6.07 Å². The minimum Gasteiger partial charge on any atom is -0.507 e. The third-order valence-electron chi connectivity index (χ3n) is 4.07. The fraction of sp³-hybridized carbons (Fsp3) is 0.286. The number of hydrogen-bond acceptors (Lipinski definition) is 7. The van der Waals surface area contributed by atoms with Crippen molar-refractivity contribution in [2.75, 3.05) is 39.1 Å². The number of aromatic nitrogens is 3. The van der Waals surface area contributed by atoms with E-state index in [-0.39, 0.29) is 5.76 Å². The molecule has 0 unspecified atom stereocenters. The summed E-state index contributed by atoms with van der Waals surface area (Å²) in [4.78, 5) is 15.3. The monoisotopic (exact) mass is 379 g/mol. The number of fused-ring (bicyclic) bond motifs is 1. The van der Waals surface area contributed by atoms with E-state index >= 15 is 0 Å². The molecule has 0 aliphatic rings. The Bertz CT molecular complexity index is 958. The Kier molecular flexibility index (Phi) is 6.39. The predicted octanol–water partition coefficient (Wildman–Crippen LogP) is 3.45. The molecule has 2 heterocycles. The number of anilines is 1. The van der Waals surface area contributed by atoms with Crippen molar-refractivity contribution >= 4 is 28.6 Å². The van der Waals surface area contributed by atoms with Crippen molar-refractivity contribution in [3.63, 3.8) is 0 Å². The molecular formula is C21H25N5O2. The molecule has 2 N–H and O–H groups in total. The Hall–Kier alpha value is -3.19. The molecule has 2 aromatic heterocycles. The van der Waals surface area contributed by atoms with Gasteiger partial charge in [0.2, 0.25) is 0 Å². The lowest BCUT2D eigenvalue weighted by molar-refractivity contribution is 0.263. The third-order valence-corrected chi connectivity index (χ3v) is 4.07. The molecule has 0 saturated heterocycles. The average molecular weight is 379 g/mol. The van der Waals surface area contributed by atoms with Gasteiger partial charge in [0.15, 0.2) is 5.82 Å². The molecule has 0 bridgehead atoms. The second-order valence-corrected chi connectivity index (χ2v) is 6.54. The number of rotatable bonds is 8. The second kappa shape index (κ2) is 9.14. The Morgan fingerprint density at radius 1 is 1.21 bits per heavy atom. The van der Waals surface area contributed by atoms with Gasteiger partial charge in [0.1, 0.15) is 29.5 Å². The van der Waals surface area contributed by atoms with Crippen molar-refractivity contribution in [1.29, 1.82) is 0 Å². The number of nitrogens with one attached hydrogen (secondary N) is 1. The molecule has 3 rings (SSSR count). The van der Waals surface area contributed by atoms with E-state index in [0.717, 1.165) is 18.5 Å². The van der Waals surface area contributed by atoms with Crippen molar-refractivity contribution in [2.45, 2.75) is 6.92 Å². The van der Waals surface area contributed by atoms with Gasteiger partial charge in [-0.15, -0.1) is 0 Å². The largest absolute Gasteiger partial charge is 0.507 e. The first kappa shape index (κ1) is 19.6. The summed E-state index contributed by atoms with van der Waals surface area (Å²) in [6.45, 7) is 4.08. The molecule has 0 atom stereocenters. The van der Waals surface area contributed by atoms with E-state index < -0.39 is 0 Å². The van der Waals surface area contributed by atoms with Gasteiger partial charge >= 0.3 is 0 Å². The van der Waals surface area contributed by atoms with Gasteiger partial charge in [-0.3, -0.25) is 4.98 Å². The van der Waals surface area contributed by atoms with Crippen LogP contribution in [0.2, 0.25) is 0 Å². The zero-order valence-corrected chi connectivity index (χ0v) is 16.4. The van der Waals surface area contributed by atoms with Crippen molar-refractivity contribution in [2.24, 2.45) is 0 Å². The van der Waals surface area contributed by atoms with Gasteiger partial charge in [0, 0.05) is 42.5 Å². The number of aliphatic hydroxyl groups excluding tert-OH is 1. The van der Waals surface area contributed by atoms with E-state index in [9.17, 15) is 5.11 Å². The van der Waals surface area contributed by atoms with Crippen LogP contribution in [0.15, 0.2) is 42.7 Å². The van der Waals surface area contributed by atoms with Crippen molar-refractivity contribution in [1.82, 2.24) is 19.9 Å². The fourth-order valence-electron chi connectivity index (χ4n) is 2.68. The number of para-hydroxylation sites is 1. The van der Waals surface area contributed by atoms with Crippen LogP contribution in [0, 0.1) is 0 Å². The lowest BCUT2D eigenvalue weighted by Crippen LogP contribution is -2.19. The van der Waals surface area contributed by atoms with E-state index in [1.165, 1.54) is 6.08 Å². The highest BCUT2D eigenvalue weighted by Gasteiger charge is 2.12. The lowest BCUT2D eigenvalue weighted by Gasteiger charge is -2.14. The summed E-state index contributed by atoms with van der Waals surface area (Å²) in [6, 6.07) is 9.33. The molecule has 0 saturated carbocycles. The standard InChI is InChI=1S/C21H25N5O2/c1-4-23-21-16-8-5-9-18(28-12-11-26(2)3)20(16)24-19(25-21)13-17(27)15-7-6-10-22-14-15/h5-10,13-14,27H,4,11-12H2,1-3H3,(H,23,24,25)/b17-13-. The summed E-state index contributed by atoms with van der Waals surface area (Å²) >= 11 is 0. The van der Waals surface area contributed by atoms with Crippen LogP contribution < -0.4 is 10.1 Å². The summed E-state index contributed by atoms with van der Waals surface area (Å²) in [5.74, 6) is 1.85. The smallest absolute Gasteiger partial charge is 0.158 e. The third kappa shape index (κ3) is 4.75. The van der Waals surface area contributed by atoms with Gasteiger partial charge in [0.05, 0.1) is 0 Å². The van der Waals surface area contributed by atoms with Gasteiger partial charge in [-0.25, -0.2) is 9.97 Å². The normalized spacial score (nSPS) is 11.8. The van der Waals surface area contributed by atoms with E-state index in [2.05, 4.69) is 25.2 Å². The maximum absolute atomic E-state index is 10.4. The van der Waals surface area contributed by atoms with E-state index in [0.29, 0.717) is 35.1 Å². The minimum atomic E-state index is 0.0564. The molecule has 146 valence electrons. The number of nitrogens with zero attached hydrogens (tertiary/aromatic N) is 4. The first-order chi connectivity index (χ1) is 13.6. The maximum Gasteiger partial charge on any atom is 0.158 e. The Labute approximate surface area is 164 Å². The SMILES string of the molecule is CCNc1nc(/C=C(\O)c2cccnc2)nc2c(OCCN(C)C)cccc12. The summed E-state index contributed by atoms with van der Waals surface area (Å²) < 4.78 is 5.95. The average Bonchev–Trinajstić information content (AvgIpc) is 2.69. The molecule has 28 heavy (non-hydrogen) atoms. The van der Waals surface area contributed by atoms with Crippen molar-refractivity contribution < 1.29 is 9.84 Å². The van der Waals surface area contributed by atoms with Crippen LogP contribution in [-0.2, 0) is 0 Å². The van der Waals surface area contributed by atoms with E-state index in [1.807, 2.05) is 39.2 Å². The summed E-state index contributed by atoms with van der Waals surface area (Å²) in [7, 11) is 4.00. The molecule has 0 radical (unpaired) electrons. The molecule has 0 fully saturated rings. The molecule has 3 aromatic rings. The van der Waals surface area contributed by atoms with Gasteiger partial charge < -0.3 is 20.1 Å². The van der Waals surface area contributed by atoms with Crippen LogP contribution in [0.3, 0.4) is 0 Å². The quantitative estimate of drug-likeness (QED) is 0.580. The maximum atomic E-state index is 10.4. The van der Waals surface area contributed by atoms with Crippen LogP contribution in [0.5, 0.6) is 5.75 Å². The van der Waals surface area contributed by atoms with Gasteiger partial charge in [-0.2, -0.15) is 0 Å². The summed E-state index contributed by atoms with van der Waals surface area (Å²) in [5.41, 5.74) is 1.31. The lowest BCUT2D eigenvalue weighted by atomic mass is 10.2. The molecule has 7 nitrogen and oxygen atoms in total. The number of aliphatic hydroxyl groups is 1. The van der Waals surface area contributed by atoms with Crippen molar-refractivity contribution in [3.8, 4) is 5.75 Å². The highest BCUT2D eigenvalue weighted by molar-refractivity contribution is 5.94. The van der Waals surface area contributed by atoms with Crippen LogP contribution >= 0.6 is 0 Å². The van der Waals surface area contributed by atoms with Gasteiger partial charge in [-0.05, 0) is 45.3 Å². The Balaban J connectivity index is 2.03. The van der Waals surface area contributed by atoms with Crippen LogP contribution in [0.4, 0.5) is 5.82 Å². The molecular weight excluding hydrogens is 354 g/mol. The minimum absolute atomic E-state index is 0.0564. The number of pyridine rings is 1. The van der Waals surface area contributed by atoms with Crippen LogP contribution in [-0.4, -0.2) is 58.8 Å². The fourth-order valence-corrected chi connectivity index (χ4v) is 2.68. The molecule has 7 heteroatoms. The highest BCUT2D eigenvalue weighted by Crippen LogP contribution is 2.29. The van der Waals surface area contributed by atoms with Crippen LogP contribution in [0.1, 0.15) is 18.3 Å². The zero-order valence-electron chi connectivity index (χ0n) is 16.4. The number of hydrogen-bond donors (Lipinski definition) is 2. The number of ether oxygens (including phenoxy) is 1. The first-order valence-corrected chi connectivity index (χ1v) is 9.21. The highest BCUT2D eigenvalue weighted by atomic mass is 16.5. The molecule has 0 aliphatic carbocycles. The van der Waals surface area contributed by atoms with E-state index in [1.54, 1.807) is 24.5 Å². The van der Waals surface area contributed by atoms with Crippen molar-refractivity contribution in [3.05, 3.63) is 54.1 Å². The first-order valence-electron chi connectivity index (χ1n) is 9.21. The van der Waals surface area contributed by atoms with Gasteiger partial charge in [0.25, 0.3) is 0 Å². The summed E-state index contributed by atoms with van der Waals surface area (Å²) in [5, 5.41) is 14.6. The second-order valence-electron chi connectivity index (χ2n) is 6.54. The van der Waals surface area contributed by atoms with Crippen LogP contribution in [0.25, 0.3) is 22.7 Å². The number of benzene rings is 1. The Morgan fingerprint density at radius 3 is 2.79 bits per heavy atom. The Morgan fingerprint density at radius 2 is 2.07 bits per heavy atom. The topological polar surface area (TPSA) is 83.4 Å². The molecule has 1 aromatic carbocycles. The molecule has 0 spiro atoms. The molecule has 0 aliphatic heterocycles. The zero-order chi connectivity index (χ0) is 19.9. The summed E-state index contributed by atoms with van der Waals surface area (Å²) in [6.07, 6.45) is 4.78. The molecule has 0 amide bonds.